The van der Waals surface area contributed by atoms with Crippen molar-refractivity contribution in [1.82, 2.24) is 0 Å². The Bertz CT molecular complexity index is 183. The molecule has 0 saturated carbocycles. The van der Waals surface area contributed by atoms with Crippen molar-refractivity contribution in [2.45, 2.75) is 19.4 Å². The Morgan fingerprint density at radius 1 is 1.67 bits per heavy atom. The number of hydrogen-bond donors (Lipinski definition) is 0. The molecular formula is C4H8O4S. The zero-order valence-corrected chi connectivity index (χ0v) is 5.85. The molecule has 0 aromatic rings. The topological polar surface area (TPSA) is 52.6 Å². The van der Waals surface area contributed by atoms with Crippen LogP contribution in [0.1, 0.15) is 13.3 Å². The fourth-order valence-electron chi connectivity index (χ4n) is 0.567. The number of rotatable bonds is 1. The van der Waals surface area contributed by atoms with Gasteiger partial charge in [0.25, 0.3) is 0 Å². The third kappa shape index (κ3) is 1.64. The van der Waals surface area contributed by atoms with E-state index in [1.165, 1.54) is 0 Å². The van der Waals surface area contributed by atoms with Gasteiger partial charge in [-0.2, -0.15) is 8.42 Å². The molecule has 0 radical (unpaired) electrons. The third-order valence-corrected chi connectivity index (χ3v) is 2.04. The summed E-state index contributed by atoms with van der Waals surface area (Å²) in [5.74, 6) is 0. The van der Waals surface area contributed by atoms with E-state index in [-0.39, 0.29) is 12.7 Å². The average molecular weight is 152 g/mol. The molecule has 1 aliphatic rings. The zero-order chi connectivity index (χ0) is 6.91. The maximum absolute atomic E-state index is 10.4. The molecule has 1 heterocycles. The predicted molar refractivity (Wildman–Crippen MR) is 30.0 cm³/mol. The summed E-state index contributed by atoms with van der Waals surface area (Å²) >= 11 is 0. The van der Waals surface area contributed by atoms with Crippen LogP contribution in [0.15, 0.2) is 0 Å². The molecule has 0 aliphatic carbocycles. The van der Waals surface area contributed by atoms with Crippen molar-refractivity contribution in [3.05, 3.63) is 0 Å². The third-order valence-electron chi connectivity index (χ3n) is 1.11. The Morgan fingerprint density at radius 2 is 2.33 bits per heavy atom. The second kappa shape index (κ2) is 2.24. The van der Waals surface area contributed by atoms with Gasteiger partial charge in [-0.3, -0.25) is 0 Å². The lowest BCUT2D eigenvalue weighted by Crippen LogP contribution is -2.07. The van der Waals surface area contributed by atoms with Crippen molar-refractivity contribution >= 4 is 10.4 Å². The van der Waals surface area contributed by atoms with E-state index in [9.17, 15) is 8.42 Å². The lowest BCUT2D eigenvalue weighted by atomic mass is 10.3. The largest absolute Gasteiger partial charge is 0.400 e. The molecule has 4 nitrogen and oxygen atoms in total. The van der Waals surface area contributed by atoms with Crippen LogP contribution in [0.2, 0.25) is 0 Å². The molecule has 1 saturated heterocycles. The molecule has 0 spiro atoms. The van der Waals surface area contributed by atoms with E-state index in [1.807, 2.05) is 6.92 Å². The van der Waals surface area contributed by atoms with Gasteiger partial charge in [0.1, 0.15) is 6.10 Å². The molecule has 5 heteroatoms. The van der Waals surface area contributed by atoms with E-state index >= 15 is 0 Å². The van der Waals surface area contributed by atoms with E-state index < -0.39 is 10.4 Å². The molecule has 0 aromatic heterocycles. The van der Waals surface area contributed by atoms with E-state index in [0.717, 1.165) is 0 Å². The van der Waals surface area contributed by atoms with Crippen LogP contribution in [-0.4, -0.2) is 21.1 Å². The lowest BCUT2D eigenvalue weighted by molar-refractivity contribution is 0.231. The van der Waals surface area contributed by atoms with Crippen LogP contribution >= 0.6 is 0 Å². The standard InChI is InChI=1S/C4H8O4S/c1-2-4-3-7-9(5,6)8-4/h4H,2-3H2,1H3/t4-/m0/s1. The lowest BCUT2D eigenvalue weighted by Gasteiger charge is -1.96. The van der Waals surface area contributed by atoms with Crippen molar-refractivity contribution < 1.29 is 16.8 Å². The van der Waals surface area contributed by atoms with Gasteiger partial charge in [0.15, 0.2) is 0 Å². The molecule has 0 bridgehead atoms. The maximum Gasteiger partial charge on any atom is 0.400 e. The average Bonchev–Trinajstić information content (AvgIpc) is 2.10. The first-order valence-corrected chi connectivity index (χ1v) is 4.05. The molecule has 0 N–H and O–H groups in total. The highest BCUT2D eigenvalue weighted by Gasteiger charge is 2.27. The first kappa shape index (κ1) is 6.98. The molecule has 54 valence electrons. The van der Waals surface area contributed by atoms with E-state index in [4.69, 9.17) is 0 Å². The molecule has 0 amide bonds. The fourth-order valence-corrected chi connectivity index (χ4v) is 1.47. The molecule has 1 fully saturated rings. The van der Waals surface area contributed by atoms with Gasteiger partial charge < -0.3 is 0 Å². The minimum absolute atomic E-state index is 0.166. The summed E-state index contributed by atoms with van der Waals surface area (Å²) in [6.45, 7) is 2.01. The van der Waals surface area contributed by atoms with Crippen LogP contribution in [0.4, 0.5) is 0 Å². The summed E-state index contributed by atoms with van der Waals surface area (Å²) in [5, 5.41) is 0. The minimum Gasteiger partial charge on any atom is -0.245 e. The van der Waals surface area contributed by atoms with Gasteiger partial charge in [-0.25, -0.2) is 8.37 Å². The summed E-state index contributed by atoms with van der Waals surface area (Å²) in [6.07, 6.45) is 0.397. The van der Waals surface area contributed by atoms with Crippen molar-refractivity contribution in [2.24, 2.45) is 0 Å². The van der Waals surface area contributed by atoms with Crippen molar-refractivity contribution in [3.63, 3.8) is 0 Å². The van der Waals surface area contributed by atoms with Crippen molar-refractivity contribution in [2.75, 3.05) is 6.61 Å². The molecule has 1 atom stereocenters. The molecule has 1 rings (SSSR count). The summed E-state index contributed by atoms with van der Waals surface area (Å²) in [5.41, 5.74) is 0. The van der Waals surface area contributed by atoms with Crippen LogP contribution in [0.5, 0.6) is 0 Å². The summed E-state index contributed by atoms with van der Waals surface area (Å²) < 4.78 is 29.5. The Morgan fingerprint density at radius 3 is 2.56 bits per heavy atom. The molecule has 0 aromatic carbocycles. The first-order chi connectivity index (χ1) is 4.14. The highest BCUT2D eigenvalue weighted by atomic mass is 32.3. The molecule has 1 aliphatic heterocycles. The molecule has 9 heavy (non-hydrogen) atoms. The van der Waals surface area contributed by atoms with Gasteiger partial charge in [-0.1, -0.05) is 6.92 Å². The van der Waals surface area contributed by atoms with Gasteiger partial charge in [0, 0.05) is 0 Å². The Labute approximate surface area is 54.1 Å². The minimum atomic E-state index is -3.61. The Balaban J connectivity index is 2.58. The van der Waals surface area contributed by atoms with Crippen LogP contribution in [0.25, 0.3) is 0 Å². The second-order valence-corrected chi connectivity index (χ2v) is 3.06. The van der Waals surface area contributed by atoms with Gasteiger partial charge >= 0.3 is 10.4 Å². The Hall–Kier alpha value is -0.130. The van der Waals surface area contributed by atoms with Crippen LogP contribution < -0.4 is 0 Å². The van der Waals surface area contributed by atoms with Crippen LogP contribution in [0.3, 0.4) is 0 Å². The predicted octanol–water partition coefficient (Wildman–Crippen LogP) is 0.0566. The van der Waals surface area contributed by atoms with E-state index in [1.54, 1.807) is 0 Å². The highest BCUT2D eigenvalue weighted by Crippen LogP contribution is 2.14. The van der Waals surface area contributed by atoms with Crippen molar-refractivity contribution in [1.29, 1.82) is 0 Å². The van der Waals surface area contributed by atoms with Gasteiger partial charge in [0.2, 0.25) is 0 Å². The highest BCUT2D eigenvalue weighted by molar-refractivity contribution is 7.82. The smallest absolute Gasteiger partial charge is 0.245 e. The summed E-state index contributed by atoms with van der Waals surface area (Å²) in [6, 6.07) is 0. The Kier molecular flexibility index (Phi) is 1.74. The SMILES string of the molecule is CC[C@H]1COS(=O)(=O)O1. The van der Waals surface area contributed by atoms with Gasteiger partial charge in [-0.15, -0.1) is 0 Å². The molecule has 0 unspecified atom stereocenters. The quantitative estimate of drug-likeness (QED) is 0.533. The zero-order valence-electron chi connectivity index (χ0n) is 5.03. The summed E-state index contributed by atoms with van der Waals surface area (Å²) in [4.78, 5) is 0. The molecular weight excluding hydrogens is 144 g/mol. The first-order valence-electron chi connectivity index (χ1n) is 2.71. The van der Waals surface area contributed by atoms with Gasteiger partial charge in [0.05, 0.1) is 6.61 Å². The second-order valence-electron chi connectivity index (χ2n) is 1.82. The monoisotopic (exact) mass is 152 g/mol. The van der Waals surface area contributed by atoms with Crippen molar-refractivity contribution in [3.8, 4) is 0 Å². The van der Waals surface area contributed by atoms with Crippen LogP contribution in [-0.2, 0) is 18.8 Å². The fraction of sp³-hybridized carbons (Fsp3) is 1.00. The normalized spacial score (nSPS) is 32.8. The van der Waals surface area contributed by atoms with Gasteiger partial charge in [-0.05, 0) is 6.42 Å². The summed E-state index contributed by atoms with van der Waals surface area (Å²) in [7, 11) is -3.61. The van der Waals surface area contributed by atoms with Crippen LogP contribution in [0, 0.1) is 0 Å². The maximum atomic E-state index is 10.4. The van der Waals surface area contributed by atoms with E-state index in [2.05, 4.69) is 8.37 Å². The van der Waals surface area contributed by atoms with E-state index in [0.29, 0.717) is 6.42 Å². The number of hydrogen-bond acceptors (Lipinski definition) is 4.